The molecule has 1 fully saturated rings. The molecule has 0 saturated carbocycles. The van der Waals surface area contributed by atoms with Gasteiger partial charge in [-0.1, -0.05) is 165 Å². The van der Waals surface area contributed by atoms with Crippen molar-refractivity contribution in [2.45, 2.75) is 205 Å². The van der Waals surface area contributed by atoms with E-state index in [0.717, 1.165) is 44.9 Å². The lowest BCUT2D eigenvalue weighted by atomic mass is 9.99. The van der Waals surface area contributed by atoms with Gasteiger partial charge in [0.25, 0.3) is 0 Å². The molecule has 0 aromatic carbocycles. The van der Waals surface area contributed by atoms with Crippen LogP contribution in [-0.4, -0.2) is 89.0 Å². The van der Waals surface area contributed by atoms with E-state index in [4.69, 9.17) is 18.9 Å². The smallest absolute Gasteiger partial charge is 0.306 e. The molecule has 0 aliphatic carbocycles. The van der Waals surface area contributed by atoms with Crippen molar-refractivity contribution in [3.8, 4) is 0 Å². The van der Waals surface area contributed by atoms with Crippen LogP contribution in [0.2, 0.25) is 0 Å². The van der Waals surface area contributed by atoms with Crippen LogP contribution in [0.4, 0.5) is 0 Å². The van der Waals surface area contributed by atoms with E-state index in [-0.39, 0.29) is 26.1 Å². The normalized spacial score (nSPS) is 21.0. The molecule has 4 N–H and O–H groups in total. The maximum atomic E-state index is 12.7. The van der Waals surface area contributed by atoms with Gasteiger partial charge in [0.2, 0.25) is 0 Å². The van der Waals surface area contributed by atoms with Gasteiger partial charge in [-0.15, -0.1) is 0 Å². The average Bonchev–Trinajstić information content (AvgIpc) is 3.18. The van der Waals surface area contributed by atoms with Crippen LogP contribution < -0.4 is 0 Å². The number of aliphatic hydroxyl groups excluding tert-OH is 4. The van der Waals surface area contributed by atoms with E-state index < -0.39 is 55.4 Å². The molecule has 1 saturated heterocycles. The zero-order valence-electron chi connectivity index (χ0n) is 34.4. The summed E-state index contributed by atoms with van der Waals surface area (Å²) in [6.45, 7) is 3.23. The first-order valence-corrected chi connectivity index (χ1v) is 21.7. The average molecular weight is 779 g/mol. The van der Waals surface area contributed by atoms with Gasteiger partial charge in [-0.05, 0) is 38.5 Å². The monoisotopic (exact) mass is 779 g/mol. The van der Waals surface area contributed by atoms with Crippen LogP contribution in [-0.2, 0) is 28.5 Å². The van der Waals surface area contributed by atoms with E-state index in [1.807, 2.05) is 12.2 Å². The number of carbonyl (C=O) groups is 2. The largest absolute Gasteiger partial charge is 0.462 e. The second kappa shape index (κ2) is 36.0. The highest BCUT2D eigenvalue weighted by molar-refractivity contribution is 5.70. The van der Waals surface area contributed by atoms with Crippen molar-refractivity contribution in [2.75, 3.05) is 19.8 Å². The predicted octanol–water partition coefficient (Wildman–Crippen LogP) is 8.88. The van der Waals surface area contributed by atoms with Crippen LogP contribution in [0.15, 0.2) is 48.6 Å². The lowest BCUT2D eigenvalue weighted by Crippen LogP contribution is -2.59. The maximum Gasteiger partial charge on any atom is 0.306 e. The van der Waals surface area contributed by atoms with Gasteiger partial charge in [-0.3, -0.25) is 9.59 Å². The van der Waals surface area contributed by atoms with E-state index in [1.54, 1.807) is 0 Å². The summed E-state index contributed by atoms with van der Waals surface area (Å²) in [6, 6.07) is 0. The number of aliphatic hydroxyl groups is 4. The van der Waals surface area contributed by atoms with Gasteiger partial charge >= 0.3 is 11.9 Å². The Morgan fingerprint density at radius 2 is 1.07 bits per heavy atom. The molecule has 318 valence electrons. The summed E-state index contributed by atoms with van der Waals surface area (Å²) in [7, 11) is 0. The SMILES string of the molecule is CC/C=C\C/C=C\C/C=C\C/C=C\CCC(=O)OC(COC(=O)CCCCCCCCCCCCCCCCCCC)COC1OC(CO)C(O)C(O)C1O. The molecule has 6 unspecified atom stereocenters. The number of ether oxygens (including phenoxy) is 4. The fraction of sp³-hybridized carbons (Fsp3) is 0.778. The topological polar surface area (TPSA) is 152 Å². The third kappa shape index (κ3) is 27.8. The molecular formula is C45H78O10. The van der Waals surface area contributed by atoms with E-state index in [2.05, 4.69) is 50.3 Å². The summed E-state index contributed by atoms with van der Waals surface area (Å²) in [6.07, 6.45) is 34.2. The molecule has 55 heavy (non-hydrogen) atoms. The lowest BCUT2D eigenvalue weighted by Gasteiger charge is -2.39. The molecule has 1 heterocycles. The second-order valence-electron chi connectivity index (χ2n) is 14.8. The van der Waals surface area contributed by atoms with Crippen LogP contribution >= 0.6 is 0 Å². The van der Waals surface area contributed by atoms with E-state index in [9.17, 15) is 30.0 Å². The van der Waals surface area contributed by atoms with Crippen LogP contribution in [0.1, 0.15) is 168 Å². The highest BCUT2D eigenvalue weighted by Gasteiger charge is 2.44. The Hall–Kier alpha value is -2.34. The zero-order valence-corrected chi connectivity index (χ0v) is 34.4. The molecular weight excluding hydrogens is 700 g/mol. The first-order chi connectivity index (χ1) is 26.8. The maximum absolute atomic E-state index is 12.7. The summed E-state index contributed by atoms with van der Waals surface area (Å²) in [5.74, 6) is -0.899. The predicted molar refractivity (Wildman–Crippen MR) is 219 cm³/mol. The van der Waals surface area contributed by atoms with Crippen LogP contribution in [0, 0.1) is 0 Å². The molecule has 1 aliphatic rings. The molecule has 10 nitrogen and oxygen atoms in total. The van der Waals surface area contributed by atoms with Crippen molar-refractivity contribution in [2.24, 2.45) is 0 Å². The molecule has 10 heteroatoms. The Bertz CT molecular complexity index is 1040. The van der Waals surface area contributed by atoms with Crippen LogP contribution in [0.25, 0.3) is 0 Å². The molecule has 0 aromatic rings. The number of hydrogen-bond donors (Lipinski definition) is 4. The first-order valence-electron chi connectivity index (χ1n) is 21.7. The minimum Gasteiger partial charge on any atom is -0.462 e. The molecule has 0 amide bonds. The summed E-state index contributed by atoms with van der Waals surface area (Å²) in [5.41, 5.74) is 0. The van der Waals surface area contributed by atoms with Crippen LogP contribution in [0.5, 0.6) is 0 Å². The third-order valence-electron chi connectivity index (χ3n) is 9.74. The van der Waals surface area contributed by atoms with Crippen LogP contribution in [0.3, 0.4) is 0 Å². The molecule has 1 rings (SSSR count). The van der Waals surface area contributed by atoms with Gasteiger partial charge in [0.1, 0.15) is 31.0 Å². The number of esters is 2. The minimum absolute atomic E-state index is 0.109. The van der Waals surface area contributed by atoms with E-state index >= 15 is 0 Å². The van der Waals surface area contributed by atoms with Gasteiger partial charge < -0.3 is 39.4 Å². The Labute approximate surface area is 333 Å². The molecule has 0 radical (unpaired) electrons. The number of rotatable bonds is 35. The van der Waals surface area contributed by atoms with Crippen molar-refractivity contribution >= 4 is 11.9 Å². The number of unbranched alkanes of at least 4 members (excludes halogenated alkanes) is 16. The molecule has 0 aromatic heterocycles. The third-order valence-corrected chi connectivity index (χ3v) is 9.74. The zero-order chi connectivity index (χ0) is 40.2. The van der Waals surface area contributed by atoms with Gasteiger partial charge in [0.15, 0.2) is 12.4 Å². The number of carbonyl (C=O) groups excluding carboxylic acids is 2. The van der Waals surface area contributed by atoms with Gasteiger partial charge in [-0.25, -0.2) is 0 Å². The fourth-order valence-electron chi connectivity index (χ4n) is 6.32. The number of allylic oxidation sites excluding steroid dienone is 8. The van der Waals surface area contributed by atoms with Crippen molar-refractivity contribution in [1.29, 1.82) is 0 Å². The summed E-state index contributed by atoms with van der Waals surface area (Å²) in [5, 5.41) is 40.0. The molecule has 6 atom stereocenters. The Kier molecular flexibility index (Phi) is 33.2. The van der Waals surface area contributed by atoms with Crippen molar-refractivity contribution in [1.82, 2.24) is 0 Å². The highest BCUT2D eigenvalue weighted by atomic mass is 16.7. The molecule has 0 bridgehead atoms. The fourth-order valence-corrected chi connectivity index (χ4v) is 6.32. The summed E-state index contributed by atoms with van der Waals surface area (Å²) in [4.78, 5) is 25.2. The van der Waals surface area contributed by atoms with Gasteiger partial charge in [-0.2, -0.15) is 0 Å². The van der Waals surface area contributed by atoms with Crippen molar-refractivity contribution in [3.63, 3.8) is 0 Å². The standard InChI is InChI=1S/C45H78O10/c1-3-5-7-9-11-13-15-17-18-19-20-22-23-25-27-29-31-33-40(47)52-36-38(37-53-45-44(51)43(50)42(49)39(35-46)55-45)54-41(48)34-32-30-28-26-24-21-16-14-12-10-8-6-4-2/h6,8,12,14,21,24,28,30,38-39,42-46,49-51H,3-5,7,9-11,13,15-20,22-23,25-27,29,31-37H2,1-2H3/b8-6-,14-12-,24-21-,30-28-. The number of hydrogen-bond acceptors (Lipinski definition) is 10. The minimum atomic E-state index is -1.61. The van der Waals surface area contributed by atoms with E-state index in [1.165, 1.54) is 89.9 Å². The Morgan fingerprint density at radius 3 is 1.58 bits per heavy atom. The quantitative estimate of drug-likeness (QED) is 0.0279. The first kappa shape index (κ1) is 50.7. The van der Waals surface area contributed by atoms with Gasteiger partial charge in [0, 0.05) is 12.8 Å². The van der Waals surface area contributed by atoms with E-state index in [0.29, 0.717) is 6.42 Å². The van der Waals surface area contributed by atoms with Crippen molar-refractivity contribution < 1.29 is 49.0 Å². The lowest BCUT2D eigenvalue weighted by molar-refractivity contribution is -0.305. The summed E-state index contributed by atoms with van der Waals surface area (Å²) < 4.78 is 22.0. The van der Waals surface area contributed by atoms with Gasteiger partial charge in [0.05, 0.1) is 13.2 Å². The Morgan fingerprint density at radius 1 is 0.582 bits per heavy atom. The second-order valence-corrected chi connectivity index (χ2v) is 14.8. The highest BCUT2D eigenvalue weighted by Crippen LogP contribution is 2.22. The molecule has 1 aliphatic heterocycles. The summed E-state index contributed by atoms with van der Waals surface area (Å²) >= 11 is 0. The van der Waals surface area contributed by atoms with Crippen molar-refractivity contribution in [3.05, 3.63) is 48.6 Å². The Balaban J connectivity index is 2.36. The molecule has 0 spiro atoms.